The quantitative estimate of drug-likeness (QED) is 0.632. The molecular weight excluding hydrogens is 442 g/mol. The van der Waals surface area contributed by atoms with Gasteiger partial charge < -0.3 is 14.8 Å². The van der Waals surface area contributed by atoms with Gasteiger partial charge in [0.2, 0.25) is 15.9 Å². The number of hydrogen-bond donors (Lipinski definition) is 1. The van der Waals surface area contributed by atoms with E-state index in [0.29, 0.717) is 39.4 Å². The number of ether oxygens (including phenoxy) is 2. The van der Waals surface area contributed by atoms with E-state index < -0.39 is 10.0 Å². The Kier molecular flexibility index (Phi) is 7.64. The molecule has 2 heterocycles. The second-order valence-electron chi connectivity index (χ2n) is 8.34. The smallest absolute Gasteiger partial charge is 0.243 e. The van der Waals surface area contributed by atoms with Crippen LogP contribution in [-0.4, -0.2) is 70.0 Å². The Balaban J connectivity index is 1.31. The van der Waals surface area contributed by atoms with Crippen molar-refractivity contribution in [1.82, 2.24) is 14.5 Å². The molecule has 9 heteroatoms. The third kappa shape index (κ3) is 5.73. The Labute approximate surface area is 195 Å². The van der Waals surface area contributed by atoms with Crippen LogP contribution in [0.5, 0.6) is 5.75 Å². The van der Waals surface area contributed by atoms with E-state index in [1.807, 2.05) is 18.2 Å². The van der Waals surface area contributed by atoms with Gasteiger partial charge in [0.05, 0.1) is 31.8 Å². The predicted molar refractivity (Wildman–Crippen MR) is 124 cm³/mol. The fraction of sp³-hybridized carbons (Fsp3) is 0.458. The zero-order valence-corrected chi connectivity index (χ0v) is 19.7. The Morgan fingerprint density at radius 1 is 1.12 bits per heavy atom. The molecule has 8 nitrogen and oxygen atoms in total. The van der Waals surface area contributed by atoms with E-state index in [2.05, 4.69) is 16.3 Å². The third-order valence-electron chi connectivity index (χ3n) is 6.21. The van der Waals surface area contributed by atoms with Crippen LogP contribution in [0.25, 0.3) is 0 Å². The summed E-state index contributed by atoms with van der Waals surface area (Å²) >= 11 is 0. The molecule has 2 fully saturated rings. The Morgan fingerprint density at radius 2 is 1.88 bits per heavy atom. The van der Waals surface area contributed by atoms with Gasteiger partial charge >= 0.3 is 0 Å². The molecule has 0 bridgehead atoms. The van der Waals surface area contributed by atoms with Gasteiger partial charge in [0.25, 0.3) is 0 Å². The Bertz CT molecular complexity index is 1050. The van der Waals surface area contributed by atoms with Crippen molar-refractivity contribution in [3.8, 4) is 5.75 Å². The van der Waals surface area contributed by atoms with Crippen LogP contribution in [0.1, 0.15) is 30.0 Å². The molecule has 0 spiro atoms. The van der Waals surface area contributed by atoms with E-state index in [0.717, 1.165) is 36.3 Å². The highest BCUT2D eigenvalue weighted by atomic mass is 32.2. The first-order chi connectivity index (χ1) is 16.0. The standard InChI is InChI=1S/C24H31N3O5S/c1-31-21-5-2-4-20(16-21)23-6-3-11-26(23)18-24(28)25-17-19-7-9-22(10-8-19)33(29,30)27-12-14-32-15-13-27/h2,4-5,7-10,16,23H,3,6,11-15,17-18H2,1H3,(H,25,28). The minimum Gasteiger partial charge on any atom is -0.497 e. The van der Waals surface area contributed by atoms with E-state index >= 15 is 0 Å². The van der Waals surface area contributed by atoms with Gasteiger partial charge in [-0.3, -0.25) is 9.69 Å². The van der Waals surface area contributed by atoms with Crippen molar-refractivity contribution in [1.29, 1.82) is 0 Å². The molecule has 2 saturated heterocycles. The van der Waals surface area contributed by atoms with Crippen molar-refractivity contribution < 1.29 is 22.7 Å². The third-order valence-corrected chi connectivity index (χ3v) is 8.12. The fourth-order valence-electron chi connectivity index (χ4n) is 4.40. The second-order valence-corrected chi connectivity index (χ2v) is 10.3. The summed E-state index contributed by atoms with van der Waals surface area (Å²) in [7, 11) is -1.86. The molecule has 1 atom stereocenters. The zero-order valence-electron chi connectivity index (χ0n) is 18.9. The van der Waals surface area contributed by atoms with Crippen molar-refractivity contribution in [2.45, 2.75) is 30.3 Å². The highest BCUT2D eigenvalue weighted by Crippen LogP contribution is 2.33. The molecule has 1 unspecified atom stereocenters. The number of hydrogen-bond acceptors (Lipinski definition) is 6. The average molecular weight is 474 g/mol. The SMILES string of the molecule is COc1cccc(C2CCCN2CC(=O)NCc2ccc(S(=O)(=O)N3CCOCC3)cc2)c1. The minimum atomic E-state index is -3.51. The van der Waals surface area contributed by atoms with Crippen molar-refractivity contribution >= 4 is 15.9 Å². The van der Waals surface area contributed by atoms with Gasteiger partial charge in [-0.05, 0) is 54.8 Å². The van der Waals surface area contributed by atoms with E-state index in [1.165, 1.54) is 4.31 Å². The van der Waals surface area contributed by atoms with E-state index in [-0.39, 0.29) is 16.8 Å². The molecule has 178 valence electrons. The first-order valence-electron chi connectivity index (χ1n) is 11.3. The van der Waals surface area contributed by atoms with Crippen LogP contribution >= 0.6 is 0 Å². The first kappa shape index (κ1) is 23.7. The van der Waals surface area contributed by atoms with Crippen LogP contribution in [0.2, 0.25) is 0 Å². The van der Waals surface area contributed by atoms with Gasteiger partial charge in [0.15, 0.2) is 0 Å². The predicted octanol–water partition coefficient (Wildman–Crippen LogP) is 2.17. The van der Waals surface area contributed by atoms with Gasteiger partial charge in [-0.2, -0.15) is 4.31 Å². The lowest BCUT2D eigenvalue weighted by Crippen LogP contribution is -2.40. The molecule has 2 aromatic rings. The molecule has 1 amide bonds. The normalized spacial score (nSPS) is 20.0. The summed E-state index contributed by atoms with van der Waals surface area (Å²) in [5, 5.41) is 2.96. The molecule has 0 radical (unpaired) electrons. The number of carbonyl (C=O) groups excluding carboxylic acids is 1. The van der Waals surface area contributed by atoms with Crippen molar-refractivity contribution in [3.05, 3.63) is 59.7 Å². The number of nitrogens with zero attached hydrogens (tertiary/aromatic N) is 2. The van der Waals surface area contributed by atoms with Crippen LogP contribution in [0, 0.1) is 0 Å². The maximum absolute atomic E-state index is 12.7. The number of benzene rings is 2. The van der Waals surface area contributed by atoms with Gasteiger partial charge in [-0.1, -0.05) is 24.3 Å². The average Bonchev–Trinajstić information content (AvgIpc) is 3.31. The lowest BCUT2D eigenvalue weighted by molar-refractivity contribution is -0.122. The van der Waals surface area contributed by atoms with E-state index in [9.17, 15) is 13.2 Å². The maximum Gasteiger partial charge on any atom is 0.243 e. The lowest BCUT2D eigenvalue weighted by Gasteiger charge is -2.26. The molecular formula is C24H31N3O5S. The molecule has 0 aliphatic carbocycles. The largest absolute Gasteiger partial charge is 0.497 e. The molecule has 2 aliphatic rings. The topological polar surface area (TPSA) is 88.2 Å². The molecule has 1 N–H and O–H groups in total. The summed E-state index contributed by atoms with van der Waals surface area (Å²) in [6, 6.07) is 14.9. The van der Waals surface area contributed by atoms with Crippen molar-refractivity contribution in [3.63, 3.8) is 0 Å². The van der Waals surface area contributed by atoms with Gasteiger partial charge in [-0.15, -0.1) is 0 Å². The number of carbonyl (C=O) groups is 1. The molecule has 33 heavy (non-hydrogen) atoms. The number of likely N-dealkylation sites (tertiary alicyclic amines) is 1. The van der Waals surface area contributed by atoms with Crippen LogP contribution in [-0.2, 0) is 26.1 Å². The second kappa shape index (κ2) is 10.6. The summed E-state index contributed by atoms with van der Waals surface area (Å²) in [5.41, 5.74) is 2.02. The highest BCUT2D eigenvalue weighted by Gasteiger charge is 2.28. The number of rotatable bonds is 8. The number of amides is 1. The van der Waals surface area contributed by atoms with Gasteiger partial charge in [0.1, 0.15) is 5.75 Å². The van der Waals surface area contributed by atoms with E-state index in [1.54, 1.807) is 31.4 Å². The zero-order chi connectivity index (χ0) is 23.3. The number of sulfonamides is 1. The number of methoxy groups -OCH3 is 1. The number of nitrogens with one attached hydrogen (secondary N) is 1. The van der Waals surface area contributed by atoms with Gasteiger partial charge in [-0.25, -0.2) is 8.42 Å². The summed E-state index contributed by atoms with van der Waals surface area (Å²) in [6.07, 6.45) is 2.06. The molecule has 0 saturated carbocycles. The van der Waals surface area contributed by atoms with Crippen molar-refractivity contribution in [2.24, 2.45) is 0 Å². The van der Waals surface area contributed by atoms with E-state index in [4.69, 9.17) is 9.47 Å². The molecule has 2 aromatic carbocycles. The summed E-state index contributed by atoms with van der Waals surface area (Å²) in [5.74, 6) is 0.776. The first-order valence-corrected chi connectivity index (χ1v) is 12.7. The van der Waals surface area contributed by atoms with Crippen LogP contribution in [0.3, 0.4) is 0 Å². The summed E-state index contributed by atoms with van der Waals surface area (Å²) < 4.78 is 37.5. The number of morpholine rings is 1. The van der Waals surface area contributed by atoms with Crippen LogP contribution in [0.15, 0.2) is 53.4 Å². The van der Waals surface area contributed by atoms with Gasteiger partial charge in [0, 0.05) is 25.7 Å². The minimum absolute atomic E-state index is 0.0465. The fourth-order valence-corrected chi connectivity index (χ4v) is 5.81. The maximum atomic E-state index is 12.7. The van der Waals surface area contributed by atoms with Crippen molar-refractivity contribution in [2.75, 3.05) is 46.5 Å². The summed E-state index contributed by atoms with van der Waals surface area (Å²) in [6.45, 7) is 3.13. The molecule has 0 aromatic heterocycles. The van der Waals surface area contributed by atoms with Crippen LogP contribution in [0.4, 0.5) is 0 Å². The Morgan fingerprint density at radius 3 is 2.61 bits per heavy atom. The molecule has 2 aliphatic heterocycles. The summed E-state index contributed by atoms with van der Waals surface area (Å²) in [4.78, 5) is 15.1. The highest BCUT2D eigenvalue weighted by molar-refractivity contribution is 7.89. The Hall–Kier alpha value is -2.46. The lowest BCUT2D eigenvalue weighted by atomic mass is 10.0. The van der Waals surface area contributed by atoms with Crippen LogP contribution < -0.4 is 10.1 Å². The monoisotopic (exact) mass is 473 g/mol. The molecule has 4 rings (SSSR count).